The van der Waals surface area contributed by atoms with E-state index in [1.807, 2.05) is 11.8 Å². The van der Waals surface area contributed by atoms with Crippen LogP contribution in [0.1, 0.15) is 25.3 Å². The molecule has 2 amide bonds. The van der Waals surface area contributed by atoms with Gasteiger partial charge in [0.25, 0.3) is 5.69 Å². The van der Waals surface area contributed by atoms with E-state index in [9.17, 15) is 24.1 Å². The van der Waals surface area contributed by atoms with Crippen LogP contribution in [-0.2, 0) is 4.79 Å². The molecule has 0 radical (unpaired) electrons. The Morgan fingerprint density at radius 1 is 1.42 bits per heavy atom. The Hall–Kier alpha value is -2.75. The highest BCUT2D eigenvalue weighted by molar-refractivity contribution is 5.91. The molecular formula is C16H21FN4O5. The Labute approximate surface area is 149 Å². The molecule has 1 saturated carbocycles. The predicted octanol–water partition coefficient (Wildman–Crippen LogP) is 2.10. The smallest absolute Gasteiger partial charge is 0.319 e. The highest BCUT2D eigenvalue weighted by Crippen LogP contribution is 2.29. The Bertz CT molecular complexity index is 721. The summed E-state index contributed by atoms with van der Waals surface area (Å²) in [6, 6.07) is 1.23. The number of nitro benzene ring substituents is 1. The molecule has 10 heteroatoms. The number of nitrogens with zero attached hydrogens (tertiary/aromatic N) is 2. The van der Waals surface area contributed by atoms with Crippen LogP contribution in [0.4, 0.5) is 20.6 Å². The van der Waals surface area contributed by atoms with E-state index < -0.39 is 22.7 Å². The van der Waals surface area contributed by atoms with Crippen LogP contribution in [0.2, 0.25) is 0 Å². The number of hydrogen-bond acceptors (Lipinski definition) is 5. The maximum absolute atomic E-state index is 13.9. The number of benzene rings is 1. The van der Waals surface area contributed by atoms with E-state index >= 15 is 0 Å². The van der Waals surface area contributed by atoms with Gasteiger partial charge in [0.1, 0.15) is 5.82 Å². The molecule has 0 atom stereocenters. The molecule has 1 fully saturated rings. The fourth-order valence-electron chi connectivity index (χ4n) is 3.03. The van der Waals surface area contributed by atoms with Crippen molar-refractivity contribution in [3.05, 3.63) is 33.6 Å². The highest BCUT2D eigenvalue weighted by Gasteiger charge is 2.34. The lowest BCUT2D eigenvalue weighted by Gasteiger charge is -2.42. The zero-order valence-corrected chi connectivity index (χ0v) is 14.5. The quantitative estimate of drug-likeness (QED) is 0.500. The first-order valence-electron chi connectivity index (χ1n) is 8.19. The number of carboxylic acids is 1. The van der Waals surface area contributed by atoms with Gasteiger partial charge in [-0.2, -0.15) is 0 Å². The monoisotopic (exact) mass is 368 g/mol. The van der Waals surface area contributed by atoms with Crippen molar-refractivity contribution in [3.8, 4) is 0 Å². The van der Waals surface area contributed by atoms with E-state index in [1.54, 1.807) is 0 Å². The molecule has 1 aromatic carbocycles. The van der Waals surface area contributed by atoms with Gasteiger partial charge < -0.3 is 15.7 Å². The Kier molecular flexibility index (Phi) is 6.09. The van der Waals surface area contributed by atoms with E-state index in [2.05, 4.69) is 10.6 Å². The molecule has 0 aromatic heterocycles. The molecule has 0 spiro atoms. The van der Waals surface area contributed by atoms with Crippen LogP contribution in [0.25, 0.3) is 0 Å². The number of aliphatic carboxylic acids is 1. The predicted molar refractivity (Wildman–Crippen MR) is 91.6 cm³/mol. The van der Waals surface area contributed by atoms with Crippen LogP contribution in [-0.4, -0.2) is 52.1 Å². The Morgan fingerprint density at radius 2 is 2.08 bits per heavy atom. The van der Waals surface area contributed by atoms with Crippen molar-refractivity contribution < 1.29 is 24.0 Å². The summed E-state index contributed by atoms with van der Waals surface area (Å²) >= 11 is 0. The van der Waals surface area contributed by atoms with Crippen LogP contribution in [0.15, 0.2) is 12.1 Å². The summed E-state index contributed by atoms with van der Waals surface area (Å²) in [7, 11) is 0. The van der Waals surface area contributed by atoms with Crippen molar-refractivity contribution in [3.63, 3.8) is 0 Å². The topological polar surface area (TPSA) is 125 Å². The van der Waals surface area contributed by atoms with E-state index in [0.29, 0.717) is 19.4 Å². The summed E-state index contributed by atoms with van der Waals surface area (Å²) < 4.78 is 13.9. The second-order valence-corrected chi connectivity index (χ2v) is 6.20. The third-order valence-corrected chi connectivity index (χ3v) is 4.53. The van der Waals surface area contributed by atoms with Crippen molar-refractivity contribution in [2.75, 3.05) is 18.4 Å². The molecule has 0 unspecified atom stereocenters. The molecule has 142 valence electrons. The number of rotatable bonds is 7. The molecule has 2 rings (SSSR count). The van der Waals surface area contributed by atoms with E-state index in [1.165, 1.54) is 6.92 Å². The van der Waals surface area contributed by atoms with Crippen molar-refractivity contribution in [1.29, 1.82) is 0 Å². The van der Waals surface area contributed by atoms with Gasteiger partial charge in [0.05, 0.1) is 22.7 Å². The Morgan fingerprint density at radius 3 is 2.62 bits per heavy atom. The molecule has 0 heterocycles. The van der Waals surface area contributed by atoms with Crippen molar-refractivity contribution in [2.45, 2.75) is 38.8 Å². The summed E-state index contributed by atoms with van der Waals surface area (Å²) in [4.78, 5) is 35.0. The van der Waals surface area contributed by atoms with Crippen LogP contribution >= 0.6 is 0 Å². The summed E-state index contributed by atoms with van der Waals surface area (Å²) in [6.45, 7) is 3.76. The van der Waals surface area contributed by atoms with Crippen LogP contribution in [0, 0.1) is 22.9 Å². The number of amides is 2. The number of likely N-dealkylation sites (N-methyl/N-ethyl adjacent to an activating group) is 1. The Balaban J connectivity index is 1.92. The van der Waals surface area contributed by atoms with Crippen LogP contribution in [0.3, 0.4) is 0 Å². The van der Waals surface area contributed by atoms with E-state index in [4.69, 9.17) is 5.11 Å². The zero-order valence-electron chi connectivity index (χ0n) is 14.5. The molecule has 1 aromatic rings. The molecular weight excluding hydrogens is 347 g/mol. The fraction of sp³-hybridized carbons (Fsp3) is 0.500. The molecule has 3 N–H and O–H groups in total. The molecule has 9 nitrogen and oxygen atoms in total. The average molecular weight is 368 g/mol. The van der Waals surface area contributed by atoms with Crippen LogP contribution < -0.4 is 10.6 Å². The zero-order chi connectivity index (χ0) is 19.4. The molecule has 1 aliphatic rings. The minimum atomic E-state index is -0.905. The number of anilines is 1. The molecule has 0 aliphatic heterocycles. The van der Waals surface area contributed by atoms with Gasteiger partial charge >= 0.3 is 12.0 Å². The summed E-state index contributed by atoms with van der Waals surface area (Å²) in [5.74, 6) is -1.66. The first-order chi connectivity index (χ1) is 12.2. The molecule has 0 bridgehead atoms. The normalized spacial score (nSPS) is 18.9. The second-order valence-electron chi connectivity index (χ2n) is 6.20. The number of carboxylic acid groups (broad SMARTS) is 1. The lowest BCUT2D eigenvalue weighted by atomic mass is 9.85. The SMILES string of the molecule is CCN(CC(=O)O)C1CC(NC(=O)Nc2c(F)ccc([N+](=O)[O-])c2C)C1. The second kappa shape index (κ2) is 8.09. The minimum absolute atomic E-state index is 0.0373. The lowest BCUT2D eigenvalue weighted by Crippen LogP contribution is -2.55. The molecule has 0 saturated heterocycles. The van der Waals surface area contributed by atoms with Gasteiger partial charge in [-0.1, -0.05) is 6.92 Å². The highest BCUT2D eigenvalue weighted by atomic mass is 19.1. The van der Waals surface area contributed by atoms with Gasteiger partial charge in [-0.25, -0.2) is 9.18 Å². The maximum Gasteiger partial charge on any atom is 0.319 e. The maximum atomic E-state index is 13.9. The number of carbonyl (C=O) groups is 2. The molecule has 1 aliphatic carbocycles. The standard InChI is InChI=1S/C16H21FN4O5/c1-3-20(8-14(22)23)11-6-10(7-11)18-16(24)19-15-9(2)13(21(25)26)5-4-12(15)17/h4-5,10-11H,3,6-8H2,1-2H3,(H,22,23)(H2,18,19,24). The van der Waals surface area contributed by atoms with Gasteiger partial charge in [0.2, 0.25) is 0 Å². The largest absolute Gasteiger partial charge is 0.480 e. The van der Waals surface area contributed by atoms with Crippen molar-refractivity contribution in [2.24, 2.45) is 0 Å². The van der Waals surface area contributed by atoms with E-state index in [-0.39, 0.29) is 35.6 Å². The van der Waals surface area contributed by atoms with Crippen molar-refractivity contribution >= 4 is 23.4 Å². The number of hydrogen-bond donors (Lipinski definition) is 3. The van der Waals surface area contributed by atoms with Crippen LogP contribution in [0.5, 0.6) is 0 Å². The molecule has 26 heavy (non-hydrogen) atoms. The lowest BCUT2D eigenvalue weighted by molar-refractivity contribution is -0.385. The fourth-order valence-corrected chi connectivity index (χ4v) is 3.03. The van der Waals surface area contributed by atoms with Gasteiger partial charge in [0, 0.05) is 18.2 Å². The van der Waals surface area contributed by atoms with Gasteiger partial charge in [0.15, 0.2) is 0 Å². The van der Waals surface area contributed by atoms with Gasteiger partial charge in [-0.05, 0) is 32.4 Å². The number of nitrogens with one attached hydrogen (secondary N) is 2. The number of halogens is 1. The van der Waals surface area contributed by atoms with Gasteiger partial charge in [-0.3, -0.25) is 19.8 Å². The number of carbonyl (C=O) groups excluding carboxylic acids is 1. The summed E-state index contributed by atoms with van der Waals surface area (Å²) in [5, 5.41) is 24.8. The summed E-state index contributed by atoms with van der Waals surface area (Å²) in [5.41, 5.74) is -0.471. The first-order valence-corrected chi connectivity index (χ1v) is 8.19. The number of urea groups is 1. The van der Waals surface area contributed by atoms with Crippen molar-refractivity contribution in [1.82, 2.24) is 10.2 Å². The summed E-state index contributed by atoms with van der Waals surface area (Å²) in [6.07, 6.45) is 1.18. The van der Waals surface area contributed by atoms with E-state index in [0.717, 1.165) is 12.1 Å². The minimum Gasteiger partial charge on any atom is -0.480 e. The number of nitro groups is 1. The average Bonchev–Trinajstić information content (AvgIpc) is 2.52. The third-order valence-electron chi connectivity index (χ3n) is 4.53. The first kappa shape index (κ1) is 19.6. The van der Waals surface area contributed by atoms with Gasteiger partial charge in [-0.15, -0.1) is 0 Å². The third kappa shape index (κ3) is 4.45.